The number of nitrogens with zero attached hydrogens (tertiary/aromatic N) is 1. The first-order valence-corrected chi connectivity index (χ1v) is 11.3. The fraction of sp³-hybridized carbons (Fsp3) is 0.941. The van der Waals surface area contributed by atoms with Gasteiger partial charge in [0.1, 0.15) is 5.60 Å². The normalized spacial score (nSPS) is 26.5. The predicted molar refractivity (Wildman–Crippen MR) is 95.1 cm³/mol. The topological polar surface area (TPSA) is 59.0 Å². The number of carbonyl (C=O) groups is 1. The quantitative estimate of drug-likeness (QED) is 0.791. The van der Waals surface area contributed by atoms with Crippen LogP contribution in [0.3, 0.4) is 0 Å². The molecule has 1 N–H and O–H groups in total. The van der Waals surface area contributed by atoms with E-state index in [1.165, 1.54) is 0 Å². The predicted octanol–water partition coefficient (Wildman–Crippen LogP) is 3.77. The van der Waals surface area contributed by atoms with Gasteiger partial charge in [-0.25, -0.2) is 4.79 Å². The van der Waals surface area contributed by atoms with Gasteiger partial charge in [-0.1, -0.05) is 20.8 Å². The standard InChI is InChI=1S/C17H35NO4Si/c1-15(2,3)21-14(20)18-11-10-13(17(18,7)12-19)22-23(8,9)16(4,5)6/h13,19H,10-12H2,1-9H3/t13-,17?/m1/s1. The molecule has 23 heavy (non-hydrogen) atoms. The van der Waals surface area contributed by atoms with Crippen molar-refractivity contribution in [3.8, 4) is 0 Å². The lowest BCUT2D eigenvalue weighted by atomic mass is 9.97. The zero-order valence-corrected chi connectivity index (χ0v) is 17.3. The SMILES string of the molecule is CC(C)(C)OC(=O)N1CC[C@@H](O[Si](C)(C)C(C)(C)C)C1(C)CO. The summed E-state index contributed by atoms with van der Waals surface area (Å²) >= 11 is 0. The highest BCUT2D eigenvalue weighted by atomic mass is 28.4. The van der Waals surface area contributed by atoms with Crippen LogP contribution in [0, 0.1) is 0 Å². The molecule has 0 spiro atoms. The highest BCUT2D eigenvalue weighted by Gasteiger charge is 2.52. The second-order valence-corrected chi connectivity index (χ2v) is 14.1. The third kappa shape index (κ3) is 4.48. The van der Waals surface area contributed by atoms with E-state index in [0.717, 1.165) is 6.42 Å². The summed E-state index contributed by atoms with van der Waals surface area (Å²) < 4.78 is 12.0. The Morgan fingerprint density at radius 3 is 2.17 bits per heavy atom. The van der Waals surface area contributed by atoms with Crippen molar-refractivity contribution in [2.75, 3.05) is 13.2 Å². The molecule has 0 radical (unpaired) electrons. The van der Waals surface area contributed by atoms with E-state index >= 15 is 0 Å². The summed E-state index contributed by atoms with van der Waals surface area (Å²) in [5.41, 5.74) is -1.29. The maximum Gasteiger partial charge on any atom is 0.410 e. The summed E-state index contributed by atoms with van der Waals surface area (Å²) in [4.78, 5) is 14.1. The van der Waals surface area contributed by atoms with E-state index in [2.05, 4.69) is 33.9 Å². The third-order valence-electron chi connectivity index (χ3n) is 5.10. The molecule has 1 aliphatic heterocycles. The molecule has 1 fully saturated rings. The fourth-order valence-corrected chi connectivity index (χ4v) is 3.95. The van der Waals surface area contributed by atoms with E-state index in [0.29, 0.717) is 6.54 Å². The van der Waals surface area contributed by atoms with E-state index in [9.17, 15) is 9.90 Å². The lowest BCUT2D eigenvalue weighted by molar-refractivity contribution is -0.0243. The molecule has 1 heterocycles. The van der Waals surface area contributed by atoms with Crippen molar-refractivity contribution in [3.63, 3.8) is 0 Å². The van der Waals surface area contributed by atoms with Crippen LogP contribution in [0.25, 0.3) is 0 Å². The van der Waals surface area contributed by atoms with Crippen molar-refractivity contribution in [1.29, 1.82) is 0 Å². The summed E-state index contributed by atoms with van der Waals surface area (Å²) in [7, 11) is -1.98. The maximum absolute atomic E-state index is 12.5. The van der Waals surface area contributed by atoms with Crippen molar-refractivity contribution >= 4 is 14.4 Å². The van der Waals surface area contributed by atoms with E-state index in [1.54, 1.807) is 4.90 Å². The maximum atomic E-state index is 12.5. The van der Waals surface area contributed by atoms with Gasteiger partial charge >= 0.3 is 6.09 Å². The van der Waals surface area contributed by atoms with Gasteiger partial charge in [-0.05, 0) is 52.2 Å². The first kappa shape index (κ1) is 20.5. The molecular formula is C17H35NO4Si. The summed E-state index contributed by atoms with van der Waals surface area (Å²) in [6, 6.07) is 0. The van der Waals surface area contributed by atoms with Crippen LogP contribution in [0.2, 0.25) is 18.1 Å². The van der Waals surface area contributed by atoms with Crippen LogP contribution in [-0.4, -0.2) is 54.8 Å². The monoisotopic (exact) mass is 345 g/mol. The van der Waals surface area contributed by atoms with Crippen molar-refractivity contribution in [2.24, 2.45) is 0 Å². The number of carbonyl (C=O) groups excluding carboxylic acids is 1. The molecule has 5 nitrogen and oxygen atoms in total. The molecular weight excluding hydrogens is 310 g/mol. The number of likely N-dealkylation sites (tertiary alicyclic amines) is 1. The fourth-order valence-electron chi connectivity index (χ4n) is 2.51. The van der Waals surface area contributed by atoms with Crippen molar-refractivity contribution in [3.05, 3.63) is 0 Å². The van der Waals surface area contributed by atoms with Gasteiger partial charge in [0.15, 0.2) is 8.32 Å². The molecule has 1 unspecified atom stereocenters. The Balaban J connectivity index is 2.96. The molecule has 2 atom stereocenters. The lowest BCUT2D eigenvalue weighted by Crippen LogP contribution is -2.58. The van der Waals surface area contributed by atoms with E-state index in [-0.39, 0.29) is 23.8 Å². The Hall–Kier alpha value is -0.593. The van der Waals surface area contributed by atoms with Gasteiger partial charge in [-0.3, -0.25) is 4.90 Å². The highest BCUT2D eigenvalue weighted by Crippen LogP contribution is 2.42. The van der Waals surface area contributed by atoms with Crippen LogP contribution in [0.1, 0.15) is 54.9 Å². The number of aliphatic hydroxyl groups excluding tert-OH is 1. The Morgan fingerprint density at radius 2 is 1.78 bits per heavy atom. The molecule has 1 aliphatic rings. The average Bonchev–Trinajstić information content (AvgIpc) is 2.63. The number of hydrogen-bond acceptors (Lipinski definition) is 4. The van der Waals surface area contributed by atoms with Crippen molar-refractivity contribution in [2.45, 2.75) is 90.3 Å². The third-order valence-corrected chi connectivity index (χ3v) is 9.59. The van der Waals surface area contributed by atoms with E-state index in [1.807, 2.05) is 27.7 Å². The molecule has 1 amide bonds. The Kier molecular flexibility index (Phi) is 5.67. The van der Waals surface area contributed by atoms with Crippen LogP contribution >= 0.6 is 0 Å². The number of rotatable bonds is 3. The first-order valence-electron chi connectivity index (χ1n) is 8.43. The average molecular weight is 346 g/mol. The summed E-state index contributed by atoms with van der Waals surface area (Å²) in [5.74, 6) is 0. The number of aliphatic hydroxyl groups is 1. The van der Waals surface area contributed by atoms with Crippen molar-refractivity contribution in [1.82, 2.24) is 4.90 Å². The van der Waals surface area contributed by atoms with Crippen molar-refractivity contribution < 1.29 is 19.1 Å². The summed E-state index contributed by atoms with van der Waals surface area (Å²) in [6.07, 6.45) is 0.180. The number of ether oxygens (including phenoxy) is 1. The van der Waals surface area contributed by atoms with Gasteiger partial charge in [0.05, 0.1) is 18.2 Å². The Morgan fingerprint density at radius 1 is 1.26 bits per heavy atom. The number of amides is 1. The Bertz CT molecular complexity index is 439. The molecule has 0 aromatic rings. The summed E-state index contributed by atoms with van der Waals surface area (Å²) in [5, 5.41) is 10.1. The van der Waals surface area contributed by atoms with Crippen LogP contribution < -0.4 is 0 Å². The molecule has 6 heteroatoms. The molecule has 0 saturated carbocycles. The molecule has 0 bridgehead atoms. The minimum atomic E-state index is -1.98. The second-order valence-electron chi connectivity index (χ2n) is 9.30. The van der Waals surface area contributed by atoms with Crippen LogP contribution in [0.4, 0.5) is 4.79 Å². The molecule has 136 valence electrons. The summed E-state index contributed by atoms with van der Waals surface area (Å²) in [6.45, 7) is 18.8. The van der Waals surface area contributed by atoms with Gasteiger partial charge in [0.25, 0.3) is 0 Å². The minimum Gasteiger partial charge on any atom is -0.444 e. The van der Waals surface area contributed by atoms with E-state index < -0.39 is 19.5 Å². The van der Waals surface area contributed by atoms with Gasteiger partial charge in [0.2, 0.25) is 0 Å². The van der Waals surface area contributed by atoms with Crippen LogP contribution in [0.5, 0.6) is 0 Å². The second kappa shape index (κ2) is 6.37. The molecule has 0 aliphatic carbocycles. The van der Waals surface area contributed by atoms with Crippen LogP contribution in [0.15, 0.2) is 0 Å². The highest BCUT2D eigenvalue weighted by molar-refractivity contribution is 6.74. The number of hydrogen-bond donors (Lipinski definition) is 1. The largest absolute Gasteiger partial charge is 0.444 e. The van der Waals surface area contributed by atoms with Gasteiger partial charge in [0, 0.05) is 6.54 Å². The minimum absolute atomic E-state index is 0.0860. The van der Waals surface area contributed by atoms with Crippen LogP contribution in [-0.2, 0) is 9.16 Å². The first-order chi connectivity index (χ1) is 10.1. The van der Waals surface area contributed by atoms with Gasteiger partial charge < -0.3 is 14.3 Å². The smallest absolute Gasteiger partial charge is 0.410 e. The Labute approximate surface area is 142 Å². The van der Waals surface area contributed by atoms with Gasteiger partial charge in [-0.2, -0.15) is 0 Å². The molecule has 0 aromatic heterocycles. The molecule has 1 saturated heterocycles. The molecule has 1 rings (SSSR count). The lowest BCUT2D eigenvalue weighted by Gasteiger charge is -2.44. The zero-order chi connectivity index (χ0) is 18.3. The van der Waals surface area contributed by atoms with Gasteiger partial charge in [-0.15, -0.1) is 0 Å². The van der Waals surface area contributed by atoms with E-state index in [4.69, 9.17) is 9.16 Å². The zero-order valence-electron chi connectivity index (χ0n) is 16.3. The molecule has 0 aromatic carbocycles.